The SMILES string of the molecule is CC(CCC(=O)O)NC(=O)NCCCCCNC(=O)c1ccc([18F])cc1.O=C=O. The van der Waals surface area contributed by atoms with Crippen molar-refractivity contribution in [2.45, 2.75) is 45.1 Å². The number of carbonyl (C=O) groups is 3. The summed E-state index contributed by atoms with van der Waals surface area (Å²) in [4.78, 5) is 50.1. The molecule has 1 rings (SSSR count). The van der Waals surface area contributed by atoms with E-state index in [0.717, 1.165) is 19.3 Å². The first-order chi connectivity index (χ1) is 13.8. The molecule has 1 atom stereocenters. The Balaban J connectivity index is 0.00000245. The van der Waals surface area contributed by atoms with Crippen LogP contribution in [0.25, 0.3) is 0 Å². The Hall–Kier alpha value is -3.26. The van der Waals surface area contributed by atoms with E-state index in [0.29, 0.717) is 25.1 Å². The molecule has 0 heterocycles. The smallest absolute Gasteiger partial charge is 0.373 e. The molecule has 0 radical (unpaired) electrons. The molecule has 160 valence electrons. The van der Waals surface area contributed by atoms with Crippen LogP contribution in [0, 0.1) is 5.82 Å². The molecule has 0 spiro atoms. The summed E-state index contributed by atoms with van der Waals surface area (Å²) in [5, 5.41) is 16.7. The molecule has 4 N–H and O–H groups in total. The molecule has 0 aromatic heterocycles. The summed E-state index contributed by atoms with van der Waals surface area (Å²) in [7, 11) is 0. The fourth-order valence-corrected chi connectivity index (χ4v) is 2.22. The van der Waals surface area contributed by atoms with Gasteiger partial charge >= 0.3 is 18.2 Å². The molecule has 0 fully saturated rings. The number of carboxylic acid groups (broad SMARTS) is 1. The number of unbranched alkanes of at least 4 members (excludes halogenated alkanes) is 2. The number of amides is 3. The Kier molecular flexibility index (Phi) is 14.0. The highest BCUT2D eigenvalue weighted by atomic mass is 18.2. The van der Waals surface area contributed by atoms with E-state index in [-0.39, 0.29) is 36.4 Å². The fourth-order valence-electron chi connectivity index (χ4n) is 2.22. The summed E-state index contributed by atoms with van der Waals surface area (Å²) in [6.45, 7) is 2.77. The highest BCUT2D eigenvalue weighted by molar-refractivity contribution is 5.94. The standard InChI is InChI=1S/C18H26FN3O4.CO2/c1-13(5-10-16(23)24)22-18(26)21-12-4-2-3-11-20-17(25)14-6-8-15(19)9-7-14;2-1-3/h6-9,13H,2-5,10-12H2,1H3,(H,20,25)(H,23,24)(H2,21,22,26);/i19-1;. The molecular formula is C19H26FN3O6. The molecule has 1 aromatic rings. The fraction of sp³-hybridized carbons (Fsp3) is 0.474. The predicted octanol–water partition coefficient (Wildman–Crippen LogP) is 1.69. The van der Waals surface area contributed by atoms with Gasteiger partial charge in [-0.2, -0.15) is 9.59 Å². The van der Waals surface area contributed by atoms with Gasteiger partial charge in [0.1, 0.15) is 5.82 Å². The van der Waals surface area contributed by atoms with Crippen LogP contribution in [0.3, 0.4) is 0 Å². The summed E-state index contributed by atoms with van der Waals surface area (Å²) in [6.07, 6.45) is 3.02. The van der Waals surface area contributed by atoms with Crippen LogP contribution in [0.4, 0.5) is 9.18 Å². The minimum absolute atomic E-state index is 0.0189. The van der Waals surface area contributed by atoms with Gasteiger partial charge in [0.15, 0.2) is 0 Å². The van der Waals surface area contributed by atoms with Crippen molar-refractivity contribution in [2.75, 3.05) is 13.1 Å². The second-order valence-corrected chi connectivity index (χ2v) is 6.14. The Morgan fingerprint density at radius 2 is 1.59 bits per heavy atom. The normalized spacial score (nSPS) is 10.6. The third kappa shape index (κ3) is 14.5. The third-order valence-corrected chi connectivity index (χ3v) is 3.70. The molecule has 0 saturated heterocycles. The quantitative estimate of drug-likeness (QED) is 0.409. The van der Waals surface area contributed by atoms with E-state index < -0.39 is 5.97 Å². The van der Waals surface area contributed by atoms with Gasteiger partial charge in [0.05, 0.1) is 0 Å². The number of aliphatic carboxylic acids is 1. The minimum atomic E-state index is -0.884. The Bertz CT molecular complexity index is 675. The zero-order valence-electron chi connectivity index (χ0n) is 16.2. The van der Waals surface area contributed by atoms with Crippen molar-refractivity contribution in [3.63, 3.8) is 0 Å². The zero-order valence-corrected chi connectivity index (χ0v) is 16.2. The Morgan fingerprint density at radius 3 is 2.14 bits per heavy atom. The second kappa shape index (κ2) is 15.8. The van der Waals surface area contributed by atoms with Gasteiger partial charge in [-0.05, 0) is 56.9 Å². The lowest BCUT2D eigenvalue weighted by Gasteiger charge is -2.13. The van der Waals surface area contributed by atoms with Crippen LogP contribution in [0.15, 0.2) is 24.3 Å². The first kappa shape index (κ1) is 25.7. The number of rotatable bonds is 11. The Morgan fingerprint density at radius 1 is 1.03 bits per heavy atom. The van der Waals surface area contributed by atoms with Crippen molar-refractivity contribution in [1.29, 1.82) is 0 Å². The molecule has 0 aliphatic heterocycles. The first-order valence-corrected chi connectivity index (χ1v) is 9.09. The number of nitrogens with one attached hydrogen (secondary N) is 3. The predicted molar refractivity (Wildman–Crippen MR) is 100 cm³/mol. The van der Waals surface area contributed by atoms with Crippen LogP contribution in [0.1, 0.15) is 49.4 Å². The summed E-state index contributed by atoms with van der Waals surface area (Å²) in [5.41, 5.74) is 0.418. The number of urea groups is 1. The van der Waals surface area contributed by atoms with Crippen LogP contribution in [-0.2, 0) is 14.4 Å². The number of halogens is 1. The molecule has 0 aliphatic carbocycles. The van der Waals surface area contributed by atoms with E-state index >= 15 is 0 Å². The van der Waals surface area contributed by atoms with E-state index in [9.17, 15) is 18.8 Å². The highest BCUT2D eigenvalue weighted by Gasteiger charge is 2.08. The highest BCUT2D eigenvalue weighted by Crippen LogP contribution is 2.02. The first-order valence-electron chi connectivity index (χ1n) is 9.09. The lowest BCUT2D eigenvalue weighted by atomic mass is 10.2. The van der Waals surface area contributed by atoms with Crippen molar-refractivity contribution >= 4 is 24.1 Å². The summed E-state index contributed by atoms with van der Waals surface area (Å²) in [6, 6.07) is 4.85. The van der Waals surface area contributed by atoms with Crippen LogP contribution >= 0.6 is 0 Å². The molecule has 1 aromatic carbocycles. The van der Waals surface area contributed by atoms with E-state index in [4.69, 9.17) is 14.7 Å². The van der Waals surface area contributed by atoms with Gasteiger partial charge in [0.25, 0.3) is 5.91 Å². The molecule has 9 nitrogen and oxygen atoms in total. The Labute approximate surface area is 168 Å². The van der Waals surface area contributed by atoms with Crippen molar-refractivity contribution < 1.29 is 33.5 Å². The summed E-state index contributed by atoms with van der Waals surface area (Å²) < 4.78 is 12.8. The number of benzene rings is 1. The monoisotopic (exact) mass is 410 g/mol. The maximum Gasteiger partial charge on any atom is 0.373 e. The molecule has 0 bridgehead atoms. The number of hydrogen-bond donors (Lipinski definition) is 4. The lowest BCUT2D eigenvalue weighted by Crippen LogP contribution is -2.41. The molecule has 0 aliphatic rings. The summed E-state index contributed by atoms with van der Waals surface area (Å²) >= 11 is 0. The van der Waals surface area contributed by atoms with E-state index in [1.54, 1.807) is 6.92 Å². The van der Waals surface area contributed by atoms with E-state index in [2.05, 4.69) is 16.0 Å². The molecular weight excluding hydrogens is 384 g/mol. The molecule has 29 heavy (non-hydrogen) atoms. The maximum absolute atomic E-state index is 12.8. The molecule has 3 amide bonds. The average molecular weight is 410 g/mol. The molecule has 0 saturated carbocycles. The van der Waals surface area contributed by atoms with Crippen molar-refractivity contribution in [2.24, 2.45) is 0 Å². The van der Waals surface area contributed by atoms with Gasteiger partial charge in [-0.3, -0.25) is 9.59 Å². The average Bonchev–Trinajstić information content (AvgIpc) is 2.66. The van der Waals surface area contributed by atoms with Gasteiger partial charge in [0.2, 0.25) is 0 Å². The van der Waals surface area contributed by atoms with Crippen LogP contribution in [0.2, 0.25) is 0 Å². The molecule has 10 heteroatoms. The topological polar surface area (TPSA) is 142 Å². The number of carboxylic acids is 1. The third-order valence-electron chi connectivity index (χ3n) is 3.70. The summed E-state index contributed by atoms with van der Waals surface area (Å²) in [5.74, 6) is -1.50. The largest absolute Gasteiger partial charge is 0.481 e. The zero-order chi connectivity index (χ0) is 22.1. The van der Waals surface area contributed by atoms with Gasteiger partial charge in [-0.1, -0.05) is 0 Å². The lowest BCUT2D eigenvalue weighted by molar-refractivity contribution is -0.191. The van der Waals surface area contributed by atoms with Crippen molar-refractivity contribution in [1.82, 2.24) is 16.0 Å². The van der Waals surface area contributed by atoms with Crippen LogP contribution in [0.5, 0.6) is 0 Å². The molecule has 1 unspecified atom stereocenters. The van der Waals surface area contributed by atoms with Crippen LogP contribution < -0.4 is 16.0 Å². The van der Waals surface area contributed by atoms with Gasteiger partial charge in [0, 0.05) is 31.1 Å². The van der Waals surface area contributed by atoms with Crippen molar-refractivity contribution in [3.05, 3.63) is 35.6 Å². The maximum atomic E-state index is 12.8. The van der Waals surface area contributed by atoms with Gasteiger partial charge in [-0.25, -0.2) is 9.18 Å². The van der Waals surface area contributed by atoms with Gasteiger partial charge < -0.3 is 21.1 Å². The van der Waals surface area contributed by atoms with Gasteiger partial charge in [-0.15, -0.1) is 0 Å². The van der Waals surface area contributed by atoms with E-state index in [1.165, 1.54) is 24.3 Å². The number of carbonyl (C=O) groups excluding carboxylic acids is 4. The van der Waals surface area contributed by atoms with Crippen LogP contribution in [-0.4, -0.2) is 48.3 Å². The number of hydrogen-bond acceptors (Lipinski definition) is 5. The van der Waals surface area contributed by atoms with E-state index in [1.807, 2.05) is 0 Å². The second-order valence-electron chi connectivity index (χ2n) is 6.14. The minimum Gasteiger partial charge on any atom is -0.481 e. The van der Waals surface area contributed by atoms with Crippen molar-refractivity contribution in [3.8, 4) is 0 Å².